The Morgan fingerprint density at radius 2 is 1.68 bits per heavy atom. The van der Waals surface area contributed by atoms with Crippen molar-refractivity contribution in [1.82, 2.24) is 9.80 Å². The molecule has 25 heavy (non-hydrogen) atoms. The van der Waals surface area contributed by atoms with Crippen molar-refractivity contribution >= 4 is 5.96 Å². The molecule has 1 atom stereocenters. The van der Waals surface area contributed by atoms with Crippen LogP contribution in [0.1, 0.15) is 37.3 Å². The van der Waals surface area contributed by atoms with Gasteiger partial charge in [-0.1, -0.05) is 25.0 Å². The fraction of sp³-hybridized carbons (Fsp3) is 0.632. The zero-order chi connectivity index (χ0) is 17.5. The molecule has 2 fully saturated rings. The average molecular weight is 348 g/mol. The number of nitrogens with two attached hydrogens (primary N) is 1. The summed E-state index contributed by atoms with van der Waals surface area (Å²) < 4.78 is 18.8. The highest BCUT2D eigenvalue weighted by Crippen LogP contribution is 2.23. The van der Waals surface area contributed by atoms with E-state index in [1.54, 1.807) is 0 Å². The van der Waals surface area contributed by atoms with Gasteiger partial charge < -0.3 is 15.4 Å². The summed E-state index contributed by atoms with van der Waals surface area (Å²) in [6.07, 6.45) is 4.91. The number of ether oxygens (including phenoxy) is 1. The van der Waals surface area contributed by atoms with Gasteiger partial charge in [0.05, 0.1) is 25.8 Å². The predicted molar refractivity (Wildman–Crippen MR) is 98.1 cm³/mol. The number of hydrogen-bond acceptors (Lipinski definition) is 3. The van der Waals surface area contributed by atoms with Crippen molar-refractivity contribution in [3.8, 4) is 0 Å². The smallest absolute Gasteiger partial charge is 0.191 e. The number of morpholine rings is 1. The lowest BCUT2D eigenvalue weighted by Gasteiger charge is -2.34. The molecule has 0 spiro atoms. The molecular formula is C19H29FN4O. The van der Waals surface area contributed by atoms with Crippen LogP contribution in [-0.2, 0) is 4.74 Å². The normalized spacial score (nSPS) is 21.8. The van der Waals surface area contributed by atoms with Gasteiger partial charge in [0, 0.05) is 26.2 Å². The number of likely N-dealkylation sites (tertiary alicyclic amines) is 1. The Morgan fingerprint density at radius 3 is 2.32 bits per heavy atom. The van der Waals surface area contributed by atoms with Gasteiger partial charge in [-0.25, -0.2) is 4.39 Å². The first-order valence-corrected chi connectivity index (χ1v) is 9.36. The molecule has 1 aromatic rings. The molecule has 0 aliphatic carbocycles. The van der Waals surface area contributed by atoms with Crippen molar-refractivity contribution < 1.29 is 9.13 Å². The molecule has 1 aromatic carbocycles. The summed E-state index contributed by atoms with van der Waals surface area (Å²) in [5.74, 6) is 0.430. The Bertz CT molecular complexity index is 549. The first-order valence-electron chi connectivity index (χ1n) is 9.36. The standard InChI is InChI=1S/C19H29FN4O/c20-17-7-5-16(6-8-17)18(23-11-13-25-14-12-23)15-22-19(21)24-9-3-1-2-4-10-24/h5-8,18H,1-4,9-15H2,(H2,21,22). The number of halogens is 1. The van der Waals surface area contributed by atoms with E-state index >= 15 is 0 Å². The number of benzene rings is 1. The fourth-order valence-electron chi connectivity index (χ4n) is 3.59. The monoisotopic (exact) mass is 348 g/mol. The fourth-order valence-corrected chi connectivity index (χ4v) is 3.59. The molecular weight excluding hydrogens is 319 g/mol. The summed E-state index contributed by atoms with van der Waals surface area (Å²) in [7, 11) is 0. The van der Waals surface area contributed by atoms with E-state index < -0.39 is 0 Å². The highest BCUT2D eigenvalue weighted by atomic mass is 19.1. The van der Waals surface area contributed by atoms with E-state index in [1.165, 1.54) is 37.8 Å². The number of nitrogens with zero attached hydrogens (tertiary/aromatic N) is 3. The number of aliphatic imine (C=N–C) groups is 1. The lowest BCUT2D eigenvalue weighted by molar-refractivity contribution is 0.0179. The molecule has 0 aromatic heterocycles. The summed E-state index contributed by atoms with van der Waals surface area (Å²) in [5.41, 5.74) is 7.35. The van der Waals surface area contributed by atoms with Gasteiger partial charge in [-0.15, -0.1) is 0 Å². The Kier molecular flexibility index (Phi) is 6.64. The quantitative estimate of drug-likeness (QED) is 0.671. The molecule has 2 saturated heterocycles. The Labute approximate surface area is 149 Å². The summed E-state index contributed by atoms with van der Waals surface area (Å²) >= 11 is 0. The van der Waals surface area contributed by atoms with Crippen molar-refractivity contribution in [3.05, 3.63) is 35.6 Å². The topological polar surface area (TPSA) is 54.1 Å². The third kappa shape index (κ3) is 5.16. The van der Waals surface area contributed by atoms with E-state index in [4.69, 9.17) is 15.5 Å². The highest BCUT2D eigenvalue weighted by molar-refractivity contribution is 5.78. The van der Waals surface area contributed by atoms with E-state index in [-0.39, 0.29) is 11.9 Å². The summed E-state index contributed by atoms with van der Waals surface area (Å²) in [5, 5.41) is 0. The molecule has 2 N–H and O–H groups in total. The van der Waals surface area contributed by atoms with Crippen LogP contribution in [0.15, 0.2) is 29.3 Å². The number of guanidine groups is 1. The van der Waals surface area contributed by atoms with Gasteiger partial charge in [-0.05, 0) is 30.5 Å². The van der Waals surface area contributed by atoms with Crippen LogP contribution in [0.3, 0.4) is 0 Å². The van der Waals surface area contributed by atoms with Crippen LogP contribution in [0.25, 0.3) is 0 Å². The summed E-state index contributed by atoms with van der Waals surface area (Å²) in [4.78, 5) is 9.27. The lowest BCUT2D eigenvalue weighted by Crippen LogP contribution is -2.42. The van der Waals surface area contributed by atoms with Crippen LogP contribution < -0.4 is 5.73 Å². The zero-order valence-electron chi connectivity index (χ0n) is 14.9. The minimum absolute atomic E-state index is 0.107. The molecule has 0 radical (unpaired) electrons. The molecule has 2 aliphatic rings. The van der Waals surface area contributed by atoms with E-state index in [1.807, 2.05) is 12.1 Å². The van der Waals surface area contributed by atoms with Crippen molar-refractivity contribution in [2.45, 2.75) is 31.7 Å². The summed E-state index contributed by atoms with van der Waals surface area (Å²) in [6.45, 7) is 5.75. The first kappa shape index (κ1) is 18.1. The molecule has 138 valence electrons. The zero-order valence-corrected chi connectivity index (χ0v) is 14.9. The SMILES string of the molecule is NC(=NCC(c1ccc(F)cc1)N1CCOCC1)N1CCCCCC1. The van der Waals surface area contributed by atoms with Crippen LogP contribution >= 0.6 is 0 Å². The van der Waals surface area contributed by atoms with Crippen LogP contribution in [0.5, 0.6) is 0 Å². The second-order valence-corrected chi connectivity index (χ2v) is 6.82. The Morgan fingerprint density at radius 1 is 1.04 bits per heavy atom. The number of hydrogen-bond donors (Lipinski definition) is 1. The van der Waals surface area contributed by atoms with Crippen LogP contribution in [0.2, 0.25) is 0 Å². The highest BCUT2D eigenvalue weighted by Gasteiger charge is 2.23. The van der Waals surface area contributed by atoms with Crippen molar-refractivity contribution in [1.29, 1.82) is 0 Å². The second-order valence-electron chi connectivity index (χ2n) is 6.82. The molecule has 1 unspecified atom stereocenters. The largest absolute Gasteiger partial charge is 0.379 e. The van der Waals surface area contributed by atoms with Crippen molar-refractivity contribution in [2.75, 3.05) is 45.9 Å². The number of rotatable bonds is 4. The van der Waals surface area contributed by atoms with E-state index in [0.29, 0.717) is 12.5 Å². The Hall–Kier alpha value is -1.66. The Balaban J connectivity index is 1.72. The molecule has 0 amide bonds. The van der Waals surface area contributed by atoms with Gasteiger partial charge in [-0.2, -0.15) is 0 Å². The van der Waals surface area contributed by atoms with Crippen molar-refractivity contribution in [3.63, 3.8) is 0 Å². The van der Waals surface area contributed by atoms with Gasteiger partial charge in [0.15, 0.2) is 5.96 Å². The first-order chi connectivity index (χ1) is 12.2. The van der Waals surface area contributed by atoms with Gasteiger partial charge in [0.2, 0.25) is 0 Å². The second kappa shape index (κ2) is 9.15. The molecule has 5 nitrogen and oxygen atoms in total. The molecule has 0 saturated carbocycles. The minimum atomic E-state index is -0.211. The molecule has 2 aliphatic heterocycles. The van der Waals surface area contributed by atoms with Crippen LogP contribution in [0.4, 0.5) is 4.39 Å². The van der Waals surface area contributed by atoms with Crippen LogP contribution in [0, 0.1) is 5.82 Å². The van der Waals surface area contributed by atoms with Crippen LogP contribution in [-0.4, -0.2) is 61.7 Å². The van der Waals surface area contributed by atoms with E-state index in [0.717, 1.165) is 45.0 Å². The molecule has 6 heteroatoms. The molecule has 2 heterocycles. The van der Waals surface area contributed by atoms with Gasteiger partial charge >= 0.3 is 0 Å². The average Bonchev–Trinajstić information content (AvgIpc) is 2.93. The summed E-state index contributed by atoms with van der Waals surface area (Å²) in [6, 6.07) is 6.85. The lowest BCUT2D eigenvalue weighted by atomic mass is 10.0. The van der Waals surface area contributed by atoms with E-state index in [2.05, 4.69) is 9.80 Å². The minimum Gasteiger partial charge on any atom is -0.379 e. The van der Waals surface area contributed by atoms with Gasteiger partial charge in [0.1, 0.15) is 5.82 Å². The molecule has 3 rings (SSSR count). The van der Waals surface area contributed by atoms with Crippen molar-refractivity contribution in [2.24, 2.45) is 10.7 Å². The maximum Gasteiger partial charge on any atom is 0.191 e. The van der Waals surface area contributed by atoms with Gasteiger partial charge in [0.25, 0.3) is 0 Å². The maximum atomic E-state index is 13.3. The third-order valence-corrected chi connectivity index (χ3v) is 5.10. The van der Waals surface area contributed by atoms with E-state index in [9.17, 15) is 4.39 Å². The maximum absolute atomic E-state index is 13.3. The predicted octanol–water partition coefficient (Wildman–Crippen LogP) is 2.39. The van der Waals surface area contributed by atoms with Gasteiger partial charge in [-0.3, -0.25) is 9.89 Å². The third-order valence-electron chi connectivity index (χ3n) is 5.10. The molecule has 0 bridgehead atoms.